The third kappa shape index (κ3) is 5.69. The van der Waals surface area contributed by atoms with Crippen molar-refractivity contribution in [3.05, 3.63) is 65.5 Å². The lowest BCUT2D eigenvalue weighted by atomic mass is 10.1. The average Bonchev–Trinajstić information content (AvgIpc) is 2.62. The number of hydrogen-bond acceptors (Lipinski definition) is 3. The lowest BCUT2D eigenvalue weighted by Crippen LogP contribution is -2.34. The number of anilines is 1. The van der Waals surface area contributed by atoms with E-state index in [9.17, 15) is 14.0 Å². The van der Waals surface area contributed by atoms with Crippen LogP contribution in [0.1, 0.15) is 29.8 Å². The largest absolute Gasteiger partial charge is 0.369 e. The van der Waals surface area contributed by atoms with E-state index in [0.29, 0.717) is 24.4 Å². The van der Waals surface area contributed by atoms with Gasteiger partial charge in [0.25, 0.3) is 5.91 Å². The van der Waals surface area contributed by atoms with Gasteiger partial charge in [0.05, 0.1) is 0 Å². The van der Waals surface area contributed by atoms with E-state index in [4.69, 9.17) is 4.74 Å². The molecule has 0 aliphatic heterocycles. The van der Waals surface area contributed by atoms with Crippen molar-refractivity contribution < 1.29 is 18.7 Å². The molecule has 0 aliphatic carbocycles. The van der Waals surface area contributed by atoms with Gasteiger partial charge in [-0.15, -0.1) is 0 Å². The van der Waals surface area contributed by atoms with Crippen molar-refractivity contribution in [3.63, 3.8) is 0 Å². The van der Waals surface area contributed by atoms with Crippen LogP contribution in [-0.4, -0.2) is 24.5 Å². The zero-order valence-electron chi connectivity index (χ0n) is 14.2. The fraction of sp³-hybridized carbons (Fsp3) is 0.263. The van der Waals surface area contributed by atoms with Crippen LogP contribution in [0.4, 0.5) is 10.1 Å². The summed E-state index contributed by atoms with van der Waals surface area (Å²) >= 11 is 0. The van der Waals surface area contributed by atoms with Crippen molar-refractivity contribution in [1.29, 1.82) is 0 Å². The summed E-state index contributed by atoms with van der Waals surface area (Å²) in [6, 6.07) is 12.4. The molecule has 0 saturated carbocycles. The number of carbonyl (C=O) groups excluding carboxylic acids is 2. The Morgan fingerprint density at radius 1 is 1.08 bits per heavy atom. The van der Waals surface area contributed by atoms with Crippen molar-refractivity contribution in [1.82, 2.24) is 5.32 Å². The molecule has 2 amide bonds. The molecule has 0 heterocycles. The fourth-order valence-corrected chi connectivity index (χ4v) is 2.17. The molecule has 132 valence electrons. The van der Waals surface area contributed by atoms with E-state index in [1.54, 1.807) is 31.2 Å². The maximum Gasteiger partial charge on any atom is 0.255 e. The van der Waals surface area contributed by atoms with E-state index in [-0.39, 0.29) is 17.6 Å². The molecule has 1 atom stereocenters. The fourth-order valence-electron chi connectivity index (χ4n) is 2.17. The van der Waals surface area contributed by atoms with Gasteiger partial charge in [0.1, 0.15) is 11.9 Å². The van der Waals surface area contributed by atoms with E-state index >= 15 is 0 Å². The summed E-state index contributed by atoms with van der Waals surface area (Å²) in [5.74, 6) is -0.824. The zero-order valence-corrected chi connectivity index (χ0v) is 14.2. The maximum absolute atomic E-state index is 12.9. The highest BCUT2D eigenvalue weighted by atomic mass is 19.1. The Kier molecular flexibility index (Phi) is 6.65. The molecule has 0 spiro atoms. The molecule has 1 unspecified atom stereocenters. The lowest BCUT2D eigenvalue weighted by molar-refractivity contribution is -0.131. The van der Waals surface area contributed by atoms with Gasteiger partial charge in [-0.05, 0) is 55.8 Å². The number of nitrogens with one attached hydrogen (secondary N) is 2. The molecule has 6 heteroatoms. The van der Waals surface area contributed by atoms with E-state index in [1.807, 2.05) is 6.92 Å². The molecule has 2 aromatic rings. The minimum atomic E-state index is -0.495. The van der Waals surface area contributed by atoms with Crippen LogP contribution in [-0.2, 0) is 16.1 Å². The molecule has 0 fully saturated rings. The van der Waals surface area contributed by atoms with Gasteiger partial charge in [-0.2, -0.15) is 0 Å². The van der Waals surface area contributed by atoms with Gasteiger partial charge in [0.2, 0.25) is 5.91 Å². The first kappa shape index (κ1) is 18.6. The normalized spacial score (nSPS) is 11.6. The van der Waals surface area contributed by atoms with Crippen LogP contribution in [0.15, 0.2) is 48.5 Å². The smallest absolute Gasteiger partial charge is 0.255 e. The van der Waals surface area contributed by atoms with Crippen molar-refractivity contribution in [2.75, 3.05) is 11.9 Å². The van der Waals surface area contributed by atoms with Crippen molar-refractivity contribution in [3.8, 4) is 0 Å². The molecular formula is C19H21FN2O3. The van der Waals surface area contributed by atoms with E-state index in [0.717, 1.165) is 5.56 Å². The second kappa shape index (κ2) is 8.94. The Bertz CT molecular complexity index is 714. The Morgan fingerprint density at radius 3 is 2.32 bits per heavy atom. The minimum Gasteiger partial charge on any atom is -0.369 e. The predicted octanol–water partition coefficient (Wildman–Crippen LogP) is 3.12. The highest BCUT2D eigenvalue weighted by Crippen LogP contribution is 2.11. The highest BCUT2D eigenvalue weighted by Gasteiger charge is 2.12. The number of hydrogen-bond donors (Lipinski definition) is 2. The van der Waals surface area contributed by atoms with Gasteiger partial charge in [0, 0.05) is 24.4 Å². The monoisotopic (exact) mass is 344 g/mol. The lowest BCUT2D eigenvalue weighted by Gasteiger charge is -2.12. The van der Waals surface area contributed by atoms with Gasteiger partial charge < -0.3 is 15.4 Å². The summed E-state index contributed by atoms with van der Waals surface area (Å²) < 4.78 is 18.1. The number of carbonyl (C=O) groups is 2. The summed E-state index contributed by atoms with van der Waals surface area (Å²) in [5.41, 5.74) is 1.87. The number of benzene rings is 2. The minimum absolute atomic E-state index is 0.181. The number of ether oxygens (including phenoxy) is 1. The van der Waals surface area contributed by atoms with E-state index in [1.165, 1.54) is 24.3 Å². The van der Waals surface area contributed by atoms with E-state index < -0.39 is 6.10 Å². The molecule has 25 heavy (non-hydrogen) atoms. The molecule has 5 nitrogen and oxygen atoms in total. The number of amides is 2. The second-order valence-corrected chi connectivity index (χ2v) is 5.47. The van der Waals surface area contributed by atoms with Crippen LogP contribution in [0.2, 0.25) is 0 Å². The first-order valence-corrected chi connectivity index (χ1v) is 8.04. The van der Waals surface area contributed by atoms with Crippen LogP contribution in [0.3, 0.4) is 0 Å². The standard InChI is InChI=1S/C19H21FN2O3/c1-3-25-13(2)18(23)21-12-14-4-6-15(7-5-14)19(24)22-17-10-8-16(20)9-11-17/h4-11,13H,3,12H2,1-2H3,(H,21,23)(H,22,24). The Balaban J connectivity index is 1.89. The molecule has 2 rings (SSSR count). The van der Waals surface area contributed by atoms with E-state index in [2.05, 4.69) is 10.6 Å². The first-order valence-electron chi connectivity index (χ1n) is 8.04. The average molecular weight is 344 g/mol. The molecule has 2 aromatic carbocycles. The summed E-state index contributed by atoms with van der Waals surface area (Å²) in [5, 5.41) is 5.47. The van der Waals surface area contributed by atoms with Crippen LogP contribution in [0, 0.1) is 5.82 Å². The molecule has 0 saturated heterocycles. The molecule has 2 N–H and O–H groups in total. The third-order valence-corrected chi connectivity index (χ3v) is 3.57. The van der Waals surface area contributed by atoms with Crippen molar-refractivity contribution in [2.24, 2.45) is 0 Å². The van der Waals surface area contributed by atoms with Gasteiger partial charge in [-0.25, -0.2) is 4.39 Å². The molecule has 0 aliphatic rings. The van der Waals surface area contributed by atoms with Crippen LogP contribution >= 0.6 is 0 Å². The van der Waals surface area contributed by atoms with Crippen LogP contribution in [0.5, 0.6) is 0 Å². The number of halogens is 1. The second-order valence-electron chi connectivity index (χ2n) is 5.47. The van der Waals surface area contributed by atoms with Crippen molar-refractivity contribution >= 4 is 17.5 Å². The predicted molar refractivity (Wildman–Crippen MR) is 93.7 cm³/mol. The van der Waals surface area contributed by atoms with Gasteiger partial charge in [0.15, 0.2) is 0 Å². The zero-order chi connectivity index (χ0) is 18.2. The third-order valence-electron chi connectivity index (χ3n) is 3.57. The Labute approximate surface area is 146 Å². The molecular weight excluding hydrogens is 323 g/mol. The summed E-state index contributed by atoms with van der Waals surface area (Å²) in [4.78, 5) is 23.9. The van der Waals surface area contributed by atoms with Gasteiger partial charge >= 0.3 is 0 Å². The summed E-state index contributed by atoms with van der Waals surface area (Å²) in [6.45, 7) is 4.36. The molecule has 0 aromatic heterocycles. The highest BCUT2D eigenvalue weighted by molar-refractivity contribution is 6.04. The Hall–Kier alpha value is -2.73. The number of rotatable bonds is 7. The van der Waals surface area contributed by atoms with Gasteiger partial charge in [-0.1, -0.05) is 12.1 Å². The molecule has 0 bridgehead atoms. The topological polar surface area (TPSA) is 67.4 Å². The summed E-state index contributed by atoms with van der Waals surface area (Å²) in [6.07, 6.45) is -0.495. The molecule has 0 radical (unpaired) electrons. The summed E-state index contributed by atoms with van der Waals surface area (Å²) in [7, 11) is 0. The van der Waals surface area contributed by atoms with Crippen LogP contribution in [0.25, 0.3) is 0 Å². The first-order chi connectivity index (χ1) is 12.0. The van der Waals surface area contributed by atoms with Gasteiger partial charge in [-0.3, -0.25) is 9.59 Å². The SMILES string of the molecule is CCOC(C)C(=O)NCc1ccc(C(=O)Nc2ccc(F)cc2)cc1. The quantitative estimate of drug-likeness (QED) is 0.811. The Morgan fingerprint density at radius 2 is 1.72 bits per heavy atom. The van der Waals surface area contributed by atoms with Crippen molar-refractivity contribution in [2.45, 2.75) is 26.5 Å². The van der Waals surface area contributed by atoms with Crippen LogP contribution < -0.4 is 10.6 Å². The maximum atomic E-state index is 12.9.